The van der Waals surface area contributed by atoms with Gasteiger partial charge in [0.05, 0.1) is 5.69 Å². The van der Waals surface area contributed by atoms with E-state index in [1.54, 1.807) is 24.3 Å². The van der Waals surface area contributed by atoms with Crippen LogP contribution in [0.2, 0.25) is 0 Å². The minimum absolute atomic E-state index is 0.0875. The standard InChI is InChI=1S/C21H18N6O3/c1-12-8-9-14(10-13(12)2)19-22-16(30-24-19)11-26-18-17(23-25-26)20(28)27(21(18)29)15-6-4-3-5-7-15/h3-10,17-18H,11H2,1-2H3/t17-,18-/m0/s1. The molecule has 2 aliphatic heterocycles. The Balaban J connectivity index is 1.36. The number of anilines is 1. The first kappa shape index (κ1) is 18.2. The van der Waals surface area contributed by atoms with Crippen LogP contribution in [0.4, 0.5) is 5.69 Å². The van der Waals surface area contributed by atoms with E-state index in [2.05, 4.69) is 20.5 Å². The third-order valence-corrected chi connectivity index (χ3v) is 5.40. The molecular formula is C21H18N6O3. The monoisotopic (exact) mass is 402 g/mol. The maximum atomic E-state index is 13.0. The number of aromatic nitrogens is 2. The average Bonchev–Trinajstić information content (AvgIpc) is 3.43. The lowest BCUT2D eigenvalue weighted by Crippen LogP contribution is -2.39. The third-order valence-electron chi connectivity index (χ3n) is 5.40. The van der Waals surface area contributed by atoms with Gasteiger partial charge in [0.2, 0.25) is 11.7 Å². The van der Waals surface area contributed by atoms with E-state index in [4.69, 9.17) is 4.52 Å². The van der Waals surface area contributed by atoms with Gasteiger partial charge in [0.1, 0.15) is 6.54 Å². The molecule has 0 aliphatic carbocycles. The van der Waals surface area contributed by atoms with Gasteiger partial charge < -0.3 is 4.52 Å². The molecule has 9 nitrogen and oxygen atoms in total. The summed E-state index contributed by atoms with van der Waals surface area (Å²) in [5.74, 6) is 0.000609. The van der Waals surface area contributed by atoms with Gasteiger partial charge in [-0.3, -0.25) is 14.6 Å². The highest BCUT2D eigenvalue weighted by atomic mass is 16.5. The normalized spacial score (nSPS) is 20.3. The molecule has 0 spiro atoms. The van der Waals surface area contributed by atoms with Crippen molar-refractivity contribution in [3.8, 4) is 11.4 Å². The molecule has 0 N–H and O–H groups in total. The lowest BCUT2D eigenvalue weighted by atomic mass is 10.1. The van der Waals surface area contributed by atoms with Crippen LogP contribution in [0.1, 0.15) is 17.0 Å². The molecule has 150 valence electrons. The molecule has 30 heavy (non-hydrogen) atoms. The fraction of sp³-hybridized carbons (Fsp3) is 0.238. The molecule has 3 aromatic rings. The number of hydrogen-bond acceptors (Lipinski definition) is 8. The molecule has 2 atom stereocenters. The van der Waals surface area contributed by atoms with Crippen LogP contribution < -0.4 is 4.90 Å². The van der Waals surface area contributed by atoms with Gasteiger partial charge in [-0.15, -0.1) is 0 Å². The van der Waals surface area contributed by atoms with Crippen molar-refractivity contribution in [3.63, 3.8) is 0 Å². The maximum absolute atomic E-state index is 13.0. The predicted octanol–water partition coefficient (Wildman–Crippen LogP) is 2.85. The van der Waals surface area contributed by atoms with E-state index in [0.29, 0.717) is 17.4 Å². The Morgan fingerprint density at radius 1 is 1.00 bits per heavy atom. The van der Waals surface area contributed by atoms with Crippen LogP contribution in [0.15, 0.2) is 63.4 Å². The number of aryl methyl sites for hydroxylation is 2. The maximum Gasteiger partial charge on any atom is 0.263 e. The summed E-state index contributed by atoms with van der Waals surface area (Å²) in [7, 11) is 0. The number of carbonyl (C=O) groups excluding carboxylic acids is 2. The molecule has 0 radical (unpaired) electrons. The van der Waals surface area contributed by atoms with Crippen molar-refractivity contribution in [3.05, 3.63) is 65.5 Å². The summed E-state index contributed by atoms with van der Waals surface area (Å²) in [5, 5.41) is 13.5. The fourth-order valence-electron chi connectivity index (χ4n) is 3.64. The van der Waals surface area contributed by atoms with Crippen molar-refractivity contribution >= 4 is 17.5 Å². The molecule has 2 amide bonds. The largest absolute Gasteiger partial charge is 0.337 e. The van der Waals surface area contributed by atoms with E-state index in [1.165, 1.54) is 10.6 Å². The van der Waals surface area contributed by atoms with E-state index < -0.39 is 12.1 Å². The molecule has 1 saturated heterocycles. The second kappa shape index (κ2) is 6.87. The third kappa shape index (κ3) is 2.86. The molecule has 1 fully saturated rings. The molecule has 0 unspecified atom stereocenters. The van der Waals surface area contributed by atoms with Crippen molar-refractivity contribution in [2.75, 3.05) is 4.90 Å². The minimum Gasteiger partial charge on any atom is -0.337 e. The summed E-state index contributed by atoms with van der Waals surface area (Å²) in [6.07, 6.45) is 0. The van der Waals surface area contributed by atoms with Crippen molar-refractivity contribution in [1.29, 1.82) is 0 Å². The minimum atomic E-state index is -0.861. The summed E-state index contributed by atoms with van der Waals surface area (Å²) < 4.78 is 5.36. The topological polar surface area (TPSA) is 104 Å². The smallest absolute Gasteiger partial charge is 0.263 e. The zero-order valence-electron chi connectivity index (χ0n) is 16.4. The molecule has 9 heteroatoms. The van der Waals surface area contributed by atoms with Crippen molar-refractivity contribution < 1.29 is 14.1 Å². The summed E-state index contributed by atoms with van der Waals surface area (Å²) >= 11 is 0. The Hall–Kier alpha value is -3.88. The Kier molecular flexibility index (Phi) is 4.16. The van der Waals surface area contributed by atoms with E-state index >= 15 is 0 Å². The van der Waals surface area contributed by atoms with Crippen LogP contribution >= 0.6 is 0 Å². The highest BCUT2D eigenvalue weighted by molar-refractivity contribution is 6.25. The predicted molar refractivity (Wildman–Crippen MR) is 106 cm³/mol. The molecule has 0 bridgehead atoms. The number of para-hydroxylation sites is 1. The Labute approximate surface area is 172 Å². The fourth-order valence-corrected chi connectivity index (χ4v) is 3.64. The number of carbonyl (C=O) groups is 2. The van der Waals surface area contributed by atoms with Gasteiger partial charge in [-0.1, -0.05) is 40.7 Å². The van der Waals surface area contributed by atoms with Gasteiger partial charge in [0.15, 0.2) is 12.1 Å². The zero-order valence-corrected chi connectivity index (χ0v) is 16.4. The summed E-state index contributed by atoms with van der Waals surface area (Å²) in [6.45, 7) is 4.14. The number of hydrogen-bond donors (Lipinski definition) is 0. The van der Waals surface area contributed by atoms with E-state index in [1.807, 2.05) is 38.1 Å². The Morgan fingerprint density at radius 2 is 1.80 bits per heavy atom. The van der Waals surface area contributed by atoms with Gasteiger partial charge in [-0.2, -0.15) is 10.1 Å². The molecule has 3 heterocycles. The van der Waals surface area contributed by atoms with E-state index in [0.717, 1.165) is 16.0 Å². The first-order chi connectivity index (χ1) is 14.5. The highest BCUT2D eigenvalue weighted by Gasteiger charge is 2.55. The quantitative estimate of drug-likeness (QED) is 0.622. The molecule has 5 rings (SSSR count). The van der Waals surface area contributed by atoms with Gasteiger partial charge in [0, 0.05) is 5.56 Å². The zero-order chi connectivity index (χ0) is 20.8. The van der Waals surface area contributed by atoms with Crippen LogP contribution in [-0.4, -0.2) is 39.0 Å². The SMILES string of the molecule is Cc1ccc(-c2noc(CN3N=N[C@@H]4C(=O)N(c5ccccc5)C(=O)[C@H]43)n2)cc1C. The number of rotatable bonds is 4. The molecule has 2 aliphatic rings. The van der Waals surface area contributed by atoms with Gasteiger partial charge in [0.25, 0.3) is 11.8 Å². The van der Waals surface area contributed by atoms with Crippen molar-refractivity contribution in [2.45, 2.75) is 32.5 Å². The number of benzene rings is 2. The Bertz CT molecular complexity index is 1170. The van der Waals surface area contributed by atoms with E-state index in [9.17, 15) is 9.59 Å². The lowest BCUT2D eigenvalue weighted by molar-refractivity contribution is -0.123. The summed E-state index contributed by atoms with van der Waals surface area (Å²) in [5.41, 5.74) is 3.67. The second-order valence-corrected chi connectivity index (χ2v) is 7.35. The Morgan fingerprint density at radius 3 is 2.57 bits per heavy atom. The van der Waals surface area contributed by atoms with Crippen molar-refractivity contribution in [2.24, 2.45) is 10.3 Å². The van der Waals surface area contributed by atoms with E-state index in [-0.39, 0.29) is 18.4 Å². The van der Waals surface area contributed by atoms with Gasteiger partial charge in [-0.25, -0.2) is 4.90 Å². The number of imide groups is 1. The number of nitrogens with zero attached hydrogens (tertiary/aromatic N) is 6. The average molecular weight is 402 g/mol. The summed E-state index contributed by atoms with van der Waals surface area (Å²) in [6, 6.07) is 13.1. The van der Waals surface area contributed by atoms with Crippen LogP contribution in [0, 0.1) is 13.8 Å². The number of fused-ring (bicyclic) bond motifs is 1. The van der Waals surface area contributed by atoms with Crippen LogP contribution in [0.5, 0.6) is 0 Å². The van der Waals surface area contributed by atoms with Crippen molar-refractivity contribution in [1.82, 2.24) is 15.1 Å². The van der Waals surface area contributed by atoms with Gasteiger partial charge >= 0.3 is 0 Å². The van der Waals surface area contributed by atoms with Crippen LogP contribution in [0.25, 0.3) is 11.4 Å². The first-order valence-electron chi connectivity index (χ1n) is 9.53. The highest BCUT2D eigenvalue weighted by Crippen LogP contribution is 2.32. The van der Waals surface area contributed by atoms with Crippen LogP contribution in [0.3, 0.4) is 0 Å². The summed E-state index contributed by atoms with van der Waals surface area (Å²) in [4.78, 5) is 31.3. The molecular weight excluding hydrogens is 384 g/mol. The molecule has 0 saturated carbocycles. The van der Waals surface area contributed by atoms with Gasteiger partial charge in [-0.05, 0) is 43.2 Å². The first-order valence-corrected chi connectivity index (χ1v) is 9.53. The lowest BCUT2D eigenvalue weighted by Gasteiger charge is -2.19. The second-order valence-electron chi connectivity index (χ2n) is 7.35. The number of amides is 2. The molecule has 2 aromatic carbocycles. The molecule has 1 aromatic heterocycles. The van der Waals surface area contributed by atoms with Crippen LogP contribution in [-0.2, 0) is 16.1 Å².